The average Bonchev–Trinajstić information content (AvgIpc) is 2.00. The number of allylic oxidation sites excluding steroid dienone is 1. The Hall–Kier alpha value is -1.58. The molecule has 11 heavy (non-hydrogen) atoms. The first-order valence-corrected chi connectivity index (χ1v) is 2.78. The molecule has 0 aromatic carbocycles. The number of rotatable bonds is 4. The van der Waals surface area contributed by atoms with Crippen LogP contribution in [-0.4, -0.2) is 12.4 Å². The summed E-state index contributed by atoms with van der Waals surface area (Å²) in [4.78, 5) is 20.4. The zero-order valence-electron chi connectivity index (χ0n) is 5.99. The van der Waals surface area contributed by atoms with Gasteiger partial charge in [0.1, 0.15) is 0 Å². The van der Waals surface area contributed by atoms with Crippen molar-refractivity contribution in [3.63, 3.8) is 0 Å². The van der Waals surface area contributed by atoms with Gasteiger partial charge in [-0.1, -0.05) is 6.58 Å². The Morgan fingerprint density at radius 3 is 2.64 bits per heavy atom. The maximum absolute atomic E-state index is 10.7. The fourth-order valence-electron chi connectivity index (χ4n) is 0.397. The minimum atomic E-state index is -0.772. The Labute approximate surface area is 64.1 Å². The highest BCUT2D eigenvalue weighted by Crippen LogP contribution is 1.98. The van der Waals surface area contributed by atoms with Crippen LogP contribution in [0.1, 0.15) is 6.92 Å². The molecule has 0 amide bonds. The Morgan fingerprint density at radius 2 is 2.27 bits per heavy atom. The Morgan fingerprint density at radius 1 is 1.64 bits per heavy atom. The van der Waals surface area contributed by atoms with Gasteiger partial charge < -0.3 is 9.47 Å². The quantitative estimate of drug-likeness (QED) is 0.340. The van der Waals surface area contributed by atoms with Crippen LogP contribution in [0, 0.1) is 0 Å². The van der Waals surface area contributed by atoms with E-state index in [0.29, 0.717) is 0 Å². The predicted molar refractivity (Wildman–Crippen MR) is 36.8 cm³/mol. The zero-order chi connectivity index (χ0) is 8.69. The molecule has 0 unspecified atom stereocenters. The molecule has 59 valence electrons. The summed E-state index contributed by atoms with van der Waals surface area (Å²) in [6.45, 7) is 5.78. The molecular weight excluding hydrogens is 148 g/mol. The lowest BCUT2D eigenvalue weighted by atomic mass is 10.5. The number of hydrogen-bond acceptors (Lipinski definition) is 4. The van der Waals surface area contributed by atoms with Crippen molar-refractivity contribution in [3.05, 3.63) is 24.7 Å². The van der Waals surface area contributed by atoms with Crippen LogP contribution in [0.4, 0.5) is 0 Å². The fourth-order valence-corrected chi connectivity index (χ4v) is 0.397. The normalized spacial score (nSPS) is 10.1. The first kappa shape index (κ1) is 9.42. The lowest BCUT2D eigenvalue weighted by Crippen LogP contribution is -2.06. The third kappa shape index (κ3) is 3.20. The van der Waals surface area contributed by atoms with Crippen LogP contribution in [0.15, 0.2) is 24.7 Å². The maximum atomic E-state index is 10.7. The summed E-state index contributed by atoms with van der Waals surface area (Å²) in [5.74, 6) is -0.981. The van der Waals surface area contributed by atoms with E-state index in [2.05, 4.69) is 16.1 Å². The van der Waals surface area contributed by atoms with E-state index in [-0.39, 0.29) is 5.76 Å². The summed E-state index contributed by atoms with van der Waals surface area (Å²) in [5.41, 5.74) is 0. The number of ether oxygens (including phenoxy) is 2. The monoisotopic (exact) mass is 155 g/mol. The van der Waals surface area contributed by atoms with Crippen molar-refractivity contribution in [1.29, 1.82) is 0 Å². The third-order valence-electron chi connectivity index (χ3n) is 0.805. The highest BCUT2D eigenvalue weighted by Gasteiger charge is 2.09. The van der Waals surface area contributed by atoms with Crippen LogP contribution >= 0.6 is 0 Å². The van der Waals surface area contributed by atoms with Gasteiger partial charge in [0.05, 0.1) is 6.26 Å². The van der Waals surface area contributed by atoms with E-state index >= 15 is 0 Å². The summed E-state index contributed by atoms with van der Waals surface area (Å²) < 4.78 is 8.44. The van der Waals surface area contributed by atoms with Crippen LogP contribution < -0.4 is 0 Å². The lowest BCUT2D eigenvalue weighted by Gasteiger charge is -1.98. The largest absolute Gasteiger partial charge is 0.429 e. The summed E-state index contributed by atoms with van der Waals surface area (Å²) in [6, 6.07) is 0. The molecule has 0 saturated heterocycles. The number of hydrogen-bond donors (Lipinski definition) is 0. The van der Waals surface area contributed by atoms with E-state index in [1.165, 1.54) is 13.0 Å². The van der Waals surface area contributed by atoms with Crippen LogP contribution in [0.2, 0.25) is 0 Å². The van der Waals surface area contributed by atoms with Gasteiger partial charge in [-0.3, -0.25) is 0 Å². The molecule has 4 nitrogen and oxygen atoms in total. The van der Waals surface area contributed by atoms with Gasteiger partial charge in [0.2, 0.25) is 5.76 Å². The van der Waals surface area contributed by atoms with Gasteiger partial charge in [-0.25, -0.2) is 9.59 Å². The van der Waals surface area contributed by atoms with Crippen molar-refractivity contribution in [2.75, 3.05) is 0 Å². The molecule has 0 aliphatic rings. The van der Waals surface area contributed by atoms with Crippen LogP contribution in [0.25, 0.3) is 0 Å². The number of carbonyl (C=O) groups is 1. The van der Waals surface area contributed by atoms with Gasteiger partial charge in [-0.15, -0.1) is 0 Å². The highest BCUT2D eigenvalue weighted by atomic mass is 16.6. The predicted octanol–water partition coefficient (Wildman–Crippen LogP) is 0.661. The maximum Gasteiger partial charge on any atom is 0.423 e. The summed E-state index contributed by atoms with van der Waals surface area (Å²) in [6.07, 6.45) is 2.23. The molecule has 0 fully saturated rings. The first-order chi connectivity index (χ1) is 5.26. The fraction of sp³-hybridized carbons (Fsp3) is 0.143. The average molecular weight is 155 g/mol. The molecule has 0 heterocycles. The molecule has 0 N–H and O–H groups in total. The molecule has 0 aliphatic carbocycles. The second-order valence-corrected chi connectivity index (χ2v) is 1.41. The smallest absolute Gasteiger partial charge is 0.423 e. The van der Waals surface area contributed by atoms with Crippen LogP contribution in [0.3, 0.4) is 0 Å². The van der Waals surface area contributed by atoms with Crippen molar-refractivity contribution >= 4 is 12.4 Å². The van der Waals surface area contributed by atoms with E-state index in [1.54, 1.807) is 0 Å². The molecule has 4 heteroatoms. The summed E-state index contributed by atoms with van der Waals surface area (Å²) in [5, 5.41) is 0. The molecule has 0 atom stereocenters. The zero-order valence-corrected chi connectivity index (χ0v) is 5.99. The van der Waals surface area contributed by atoms with Crippen molar-refractivity contribution in [2.45, 2.75) is 6.92 Å². The molecular formula is C7H7O4. The second kappa shape index (κ2) is 5.22. The van der Waals surface area contributed by atoms with Crippen molar-refractivity contribution in [1.82, 2.24) is 0 Å². The van der Waals surface area contributed by atoms with Gasteiger partial charge in [-0.05, 0) is 13.0 Å². The van der Waals surface area contributed by atoms with Gasteiger partial charge >= 0.3 is 12.4 Å². The Kier molecular flexibility index (Phi) is 4.47. The Balaban J connectivity index is 4.14. The molecule has 0 bridgehead atoms. The molecule has 0 spiro atoms. The summed E-state index contributed by atoms with van der Waals surface area (Å²) in [7, 11) is 0. The molecule has 0 aromatic rings. The lowest BCUT2D eigenvalue weighted by molar-refractivity contribution is -0.136. The SMILES string of the molecule is C=COC(=O)C(=CC)O[C]=O. The molecule has 0 aromatic heterocycles. The van der Waals surface area contributed by atoms with Crippen molar-refractivity contribution < 1.29 is 19.1 Å². The minimum Gasteiger partial charge on any atom is -0.429 e. The first-order valence-electron chi connectivity index (χ1n) is 2.78. The number of carbonyl (C=O) groups excluding carboxylic acids is 2. The van der Waals surface area contributed by atoms with E-state index in [9.17, 15) is 9.59 Å². The standard InChI is InChI=1S/C7H7O4/c1-3-6(11-5-8)7(9)10-4-2/h3-4H,2H2,1H3. The third-order valence-corrected chi connectivity index (χ3v) is 0.805. The van der Waals surface area contributed by atoms with Crippen molar-refractivity contribution in [2.24, 2.45) is 0 Å². The van der Waals surface area contributed by atoms with Crippen LogP contribution in [0.5, 0.6) is 0 Å². The topological polar surface area (TPSA) is 52.6 Å². The highest BCUT2D eigenvalue weighted by molar-refractivity contribution is 5.87. The Bertz CT molecular complexity index is 193. The van der Waals surface area contributed by atoms with E-state index in [4.69, 9.17) is 0 Å². The molecule has 0 rings (SSSR count). The van der Waals surface area contributed by atoms with Gasteiger partial charge in [-0.2, -0.15) is 0 Å². The van der Waals surface area contributed by atoms with Gasteiger partial charge in [0.15, 0.2) is 0 Å². The van der Waals surface area contributed by atoms with Crippen molar-refractivity contribution in [3.8, 4) is 0 Å². The van der Waals surface area contributed by atoms with Gasteiger partial charge in [0, 0.05) is 0 Å². The van der Waals surface area contributed by atoms with E-state index in [0.717, 1.165) is 12.7 Å². The molecule has 0 aliphatic heterocycles. The number of esters is 1. The second-order valence-electron chi connectivity index (χ2n) is 1.41. The van der Waals surface area contributed by atoms with Crippen LogP contribution in [-0.2, 0) is 19.1 Å². The molecule has 1 radical (unpaired) electrons. The minimum absolute atomic E-state index is 0.208. The van der Waals surface area contributed by atoms with Gasteiger partial charge in [0.25, 0.3) is 0 Å². The van der Waals surface area contributed by atoms with E-state index < -0.39 is 5.97 Å². The molecule has 0 saturated carbocycles. The summed E-state index contributed by atoms with van der Waals surface area (Å²) >= 11 is 0. The van der Waals surface area contributed by atoms with E-state index in [1.807, 2.05) is 0 Å².